The lowest BCUT2D eigenvalue weighted by molar-refractivity contribution is -0.112. The van der Waals surface area contributed by atoms with E-state index in [1.54, 1.807) is 25.1 Å². The highest BCUT2D eigenvalue weighted by Crippen LogP contribution is 2.07. The van der Waals surface area contributed by atoms with E-state index in [1.807, 2.05) is 0 Å². The number of primary amides is 1. The maximum absolute atomic E-state index is 10.5. The molecule has 0 heterocycles. The Bertz CT molecular complexity index is 438. The van der Waals surface area contributed by atoms with E-state index in [4.69, 9.17) is 5.73 Å². The van der Waals surface area contributed by atoms with Crippen molar-refractivity contribution in [2.75, 3.05) is 0 Å². The van der Waals surface area contributed by atoms with E-state index in [0.717, 1.165) is 11.8 Å². The maximum Gasteiger partial charge on any atom is 0.293 e. The Morgan fingerprint density at radius 1 is 1.50 bits per heavy atom. The van der Waals surface area contributed by atoms with Crippen LogP contribution < -0.4 is 5.73 Å². The first kappa shape index (κ1) is 10.0. The van der Waals surface area contributed by atoms with Crippen LogP contribution in [0.3, 0.4) is 0 Å². The molecule has 0 spiro atoms. The van der Waals surface area contributed by atoms with E-state index in [2.05, 4.69) is 11.8 Å². The van der Waals surface area contributed by atoms with Gasteiger partial charge in [0.05, 0.1) is 0 Å². The third-order valence-corrected chi connectivity index (χ3v) is 1.73. The van der Waals surface area contributed by atoms with Crippen molar-refractivity contribution in [2.24, 2.45) is 5.73 Å². The first-order valence-electron chi connectivity index (χ1n) is 4.01. The number of benzene rings is 1. The van der Waals surface area contributed by atoms with Gasteiger partial charge in [-0.1, -0.05) is 12.0 Å². The molecule has 3 heteroatoms. The van der Waals surface area contributed by atoms with Gasteiger partial charge in [-0.25, -0.2) is 0 Å². The second-order valence-electron chi connectivity index (χ2n) is 2.80. The highest BCUT2D eigenvalue weighted by molar-refractivity contribution is 5.92. The van der Waals surface area contributed by atoms with Crippen molar-refractivity contribution in [2.45, 2.75) is 6.92 Å². The minimum atomic E-state index is -0.665. The van der Waals surface area contributed by atoms with Crippen molar-refractivity contribution in [3.63, 3.8) is 0 Å². The van der Waals surface area contributed by atoms with Crippen molar-refractivity contribution in [3.05, 3.63) is 34.9 Å². The van der Waals surface area contributed by atoms with Crippen LogP contribution in [0.5, 0.6) is 0 Å². The van der Waals surface area contributed by atoms with Crippen LogP contribution in [0, 0.1) is 18.8 Å². The third-order valence-electron chi connectivity index (χ3n) is 1.73. The highest BCUT2D eigenvalue weighted by atomic mass is 16.1. The van der Waals surface area contributed by atoms with Gasteiger partial charge in [-0.15, -0.1) is 0 Å². The Morgan fingerprint density at radius 3 is 2.71 bits per heavy atom. The molecule has 1 aromatic carbocycles. The summed E-state index contributed by atoms with van der Waals surface area (Å²) in [5.74, 6) is 4.16. The molecular formula is C11H9NO2. The molecule has 0 atom stereocenters. The number of aldehydes is 1. The van der Waals surface area contributed by atoms with Crippen LogP contribution in [0.15, 0.2) is 18.2 Å². The quantitative estimate of drug-likeness (QED) is 0.518. The van der Waals surface area contributed by atoms with Gasteiger partial charge < -0.3 is 5.73 Å². The monoisotopic (exact) mass is 187 g/mol. The first-order chi connectivity index (χ1) is 6.63. The van der Waals surface area contributed by atoms with E-state index >= 15 is 0 Å². The van der Waals surface area contributed by atoms with Gasteiger partial charge in [0.1, 0.15) is 6.29 Å². The van der Waals surface area contributed by atoms with Gasteiger partial charge in [0.25, 0.3) is 5.91 Å². The van der Waals surface area contributed by atoms with Crippen LogP contribution >= 0.6 is 0 Å². The SMILES string of the molecule is Cc1cc(C#CC(N)=O)ccc1C=O. The van der Waals surface area contributed by atoms with Crippen LogP contribution in [-0.4, -0.2) is 12.2 Å². The molecule has 0 aliphatic rings. The summed E-state index contributed by atoms with van der Waals surface area (Å²) in [6, 6.07) is 5.07. The Kier molecular flexibility index (Phi) is 3.03. The summed E-state index contributed by atoms with van der Waals surface area (Å²) in [6.07, 6.45) is 0.778. The minimum Gasteiger partial charge on any atom is -0.359 e. The fourth-order valence-corrected chi connectivity index (χ4v) is 1.02. The van der Waals surface area contributed by atoms with Crippen molar-refractivity contribution in [1.82, 2.24) is 0 Å². The molecule has 0 saturated heterocycles. The van der Waals surface area contributed by atoms with Gasteiger partial charge in [-0.05, 0) is 30.5 Å². The number of rotatable bonds is 1. The van der Waals surface area contributed by atoms with Gasteiger partial charge in [0.2, 0.25) is 0 Å². The number of carbonyl (C=O) groups excluding carboxylic acids is 2. The standard InChI is InChI=1S/C11H9NO2/c1-8-6-9(3-5-11(12)14)2-4-10(8)7-13/h2,4,6-7H,1H3,(H2,12,14). The number of amides is 1. The summed E-state index contributed by atoms with van der Waals surface area (Å²) in [5, 5.41) is 0. The van der Waals surface area contributed by atoms with Crippen molar-refractivity contribution in [3.8, 4) is 11.8 Å². The molecule has 0 radical (unpaired) electrons. The molecule has 0 aromatic heterocycles. The summed E-state index contributed by atoms with van der Waals surface area (Å²) >= 11 is 0. The molecule has 0 unspecified atom stereocenters. The van der Waals surface area contributed by atoms with Gasteiger partial charge in [-0.2, -0.15) is 0 Å². The first-order valence-corrected chi connectivity index (χ1v) is 4.01. The van der Waals surface area contributed by atoms with Gasteiger partial charge in [0.15, 0.2) is 0 Å². The Balaban J connectivity index is 3.05. The van der Waals surface area contributed by atoms with Crippen LogP contribution in [0.1, 0.15) is 21.5 Å². The maximum atomic E-state index is 10.5. The Labute approximate surface area is 81.9 Å². The summed E-state index contributed by atoms with van der Waals surface area (Å²) in [5.41, 5.74) is 6.99. The molecule has 2 N–H and O–H groups in total. The van der Waals surface area contributed by atoms with Gasteiger partial charge >= 0.3 is 0 Å². The van der Waals surface area contributed by atoms with Crippen LogP contribution in [0.4, 0.5) is 0 Å². The Morgan fingerprint density at radius 2 is 2.21 bits per heavy atom. The molecule has 1 amide bonds. The molecule has 3 nitrogen and oxygen atoms in total. The summed E-state index contributed by atoms with van der Waals surface area (Å²) in [6.45, 7) is 1.80. The lowest BCUT2D eigenvalue weighted by Gasteiger charge is -1.97. The molecule has 0 aliphatic heterocycles. The zero-order valence-electron chi connectivity index (χ0n) is 7.70. The summed E-state index contributed by atoms with van der Waals surface area (Å²) in [4.78, 5) is 20.9. The predicted molar refractivity (Wildman–Crippen MR) is 52.6 cm³/mol. The molecule has 0 saturated carbocycles. The minimum absolute atomic E-state index is 0.620. The van der Waals surface area contributed by atoms with Crippen molar-refractivity contribution < 1.29 is 9.59 Å². The largest absolute Gasteiger partial charge is 0.359 e. The van der Waals surface area contributed by atoms with Gasteiger partial charge in [-0.3, -0.25) is 9.59 Å². The highest BCUT2D eigenvalue weighted by Gasteiger charge is 1.96. The van der Waals surface area contributed by atoms with E-state index in [0.29, 0.717) is 11.1 Å². The number of hydrogen-bond donors (Lipinski definition) is 1. The lowest BCUT2D eigenvalue weighted by Crippen LogP contribution is -2.06. The molecule has 0 aliphatic carbocycles. The average molecular weight is 187 g/mol. The molecule has 1 rings (SSSR count). The molecular weight excluding hydrogens is 178 g/mol. The molecule has 70 valence electrons. The van der Waals surface area contributed by atoms with E-state index in [9.17, 15) is 9.59 Å². The number of carbonyl (C=O) groups is 2. The zero-order valence-corrected chi connectivity index (χ0v) is 7.70. The Hall–Kier alpha value is -2.08. The van der Waals surface area contributed by atoms with E-state index < -0.39 is 5.91 Å². The smallest absolute Gasteiger partial charge is 0.293 e. The van der Waals surface area contributed by atoms with E-state index in [-0.39, 0.29) is 0 Å². The fourth-order valence-electron chi connectivity index (χ4n) is 1.02. The molecule has 14 heavy (non-hydrogen) atoms. The zero-order chi connectivity index (χ0) is 10.6. The molecule has 0 bridgehead atoms. The molecule has 1 aromatic rings. The number of hydrogen-bond acceptors (Lipinski definition) is 2. The second-order valence-corrected chi connectivity index (χ2v) is 2.80. The average Bonchev–Trinajstić information content (AvgIpc) is 2.15. The summed E-state index contributed by atoms with van der Waals surface area (Å²) in [7, 11) is 0. The van der Waals surface area contributed by atoms with Crippen molar-refractivity contribution in [1.29, 1.82) is 0 Å². The topological polar surface area (TPSA) is 60.2 Å². The number of nitrogens with two attached hydrogens (primary N) is 1. The summed E-state index contributed by atoms with van der Waals surface area (Å²) < 4.78 is 0. The third kappa shape index (κ3) is 2.46. The van der Waals surface area contributed by atoms with Crippen molar-refractivity contribution >= 4 is 12.2 Å². The van der Waals surface area contributed by atoms with Crippen LogP contribution in [0.2, 0.25) is 0 Å². The lowest BCUT2D eigenvalue weighted by atomic mass is 10.1. The normalized spacial score (nSPS) is 8.64. The van der Waals surface area contributed by atoms with Crippen LogP contribution in [-0.2, 0) is 4.79 Å². The molecule has 0 fully saturated rings. The number of aryl methyl sites for hydroxylation is 1. The van der Waals surface area contributed by atoms with Gasteiger partial charge in [0, 0.05) is 11.1 Å². The van der Waals surface area contributed by atoms with E-state index in [1.165, 1.54) is 0 Å². The fraction of sp³-hybridized carbons (Fsp3) is 0.0909. The predicted octanol–water partition coefficient (Wildman–Crippen LogP) is 0.644. The second kappa shape index (κ2) is 4.24. The van der Waals surface area contributed by atoms with Crippen LogP contribution in [0.25, 0.3) is 0 Å².